The fraction of sp³-hybridized carbons (Fsp3) is 0.667. The molecule has 0 aliphatic heterocycles. The molecule has 0 radical (unpaired) electrons. The molecule has 0 saturated heterocycles. The number of rotatable bonds is 1. The highest BCUT2D eigenvalue weighted by Gasteiger charge is 2.12. The van der Waals surface area contributed by atoms with Gasteiger partial charge in [-0.05, 0) is 19.3 Å². The van der Waals surface area contributed by atoms with Gasteiger partial charge in [0.1, 0.15) is 0 Å². The average Bonchev–Trinajstić information content (AvgIpc) is 1.80. The predicted molar refractivity (Wildman–Crippen MR) is 47.4 cm³/mol. The Morgan fingerprint density at radius 1 is 1.30 bits per heavy atom. The third kappa shape index (κ3) is 3.44. The zero-order valence-corrected chi connectivity index (χ0v) is 7.60. The van der Waals surface area contributed by atoms with E-state index >= 15 is 0 Å². The Labute approximate surface area is 63.9 Å². The summed E-state index contributed by atoms with van der Waals surface area (Å²) >= 11 is 0. The molecule has 1 heteroatoms. The van der Waals surface area contributed by atoms with Crippen molar-refractivity contribution in [2.45, 2.75) is 34.6 Å². The Morgan fingerprint density at radius 3 is 2.10 bits per heavy atom. The summed E-state index contributed by atoms with van der Waals surface area (Å²) in [5.41, 5.74) is 1.38. The Morgan fingerprint density at radius 2 is 1.80 bits per heavy atom. The van der Waals surface area contributed by atoms with Crippen LogP contribution < -0.4 is 0 Å². The zero-order chi connectivity index (χ0) is 8.20. The van der Waals surface area contributed by atoms with Crippen molar-refractivity contribution in [2.75, 3.05) is 0 Å². The third-order valence-electron chi connectivity index (χ3n) is 1.50. The smallest absolute Gasteiger partial charge is 0.0224 e. The van der Waals surface area contributed by atoms with E-state index in [0.717, 1.165) is 0 Å². The van der Waals surface area contributed by atoms with E-state index in [9.17, 15) is 0 Å². The standard InChI is InChI=1S/C9H17N/c1-6-7-10-8(2)9(3,4)5/h6-7H,1-5H3/b7-6-,10-8+. The largest absolute Gasteiger partial charge is 0.266 e. The van der Waals surface area contributed by atoms with E-state index in [2.05, 4.69) is 32.7 Å². The molecule has 0 amide bonds. The summed E-state index contributed by atoms with van der Waals surface area (Å²) in [4.78, 5) is 4.25. The minimum Gasteiger partial charge on any atom is -0.266 e. The first-order chi connectivity index (χ1) is 4.48. The number of hydrogen-bond acceptors (Lipinski definition) is 1. The molecule has 0 aromatic rings. The second-order valence-corrected chi connectivity index (χ2v) is 3.45. The van der Waals surface area contributed by atoms with E-state index in [1.807, 2.05) is 19.2 Å². The van der Waals surface area contributed by atoms with Crippen LogP contribution in [0.3, 0.4) is 0 Å². The van der Waals surface area contributed by atoms with Crippen LogP contribution in [0.4, 0.5) is 0 Å². The highest BCUT2D eigenvalue weighted by molar-refractivity contribution is 5.87. The number of nitrogens with zero attached hydrogens (tertiary/aromatic N) is 1. The maximum atomic E-state index is 4.25. The minimum absolute atomic E-state index is 0.208. The normalized spacial score (nSPS) is 14.7. The van der Waals surface area contributed by atoms with Crippen LogP contribution in [-0.2, 0) is 0 Å². The van der Waals surface area contributed by atoms with Crippen LogP contribution in [0.5, 0.6) is 0 Å². The molecule has 0 aromatic carbocycles. The minimum atomic E-state index is 0.208. The second kappa shape index (κ2) is 3.55. The van der Waals surface area contributed by atoms with Crippen LogP contribution >= 0.6 is 0 Å². The van der Waals surface area contributed by atoms with Crippen molar-refractivity contribution < 1.29 is 0 Å². The van der Waals surface area contributed by atoms with E-state index in [1.54, 1.807) is 0 Å². The molecule has 0 unspecified atom stereocenters. The van der Waals surface area contributed by atoms with Crippen LogP contribution in [0.25, 0.3) is 0 Å². The van der Waals surface area contributed by atoms with Crippen molar-refractivity contribution in [1.82, 2.24) is 0 Å². The van der Waals surface area contributed by atoms with Gasteiger partial charge in [-0.3, -0.25) is 4.99 Å². The van der Waals surface area contributed by atoms with Crippen LogP contribution in [-0.4, -0.2) is 5.71 Å². The molecule has 0 aromatic heterocycles. The maximum absolute atomic E-state index is 4.25. The van der Waals surface area contributed by atoms with Gasteiger partial charge in [0.15, 0.2) is 0 Å². The molecule has 0 saturated carbocycles. The van der Waals surface area contributed by atoms with E-state index in [4.69, 9.17) is 0 Å². The van der Waals surface area contributed by atoms with Gasteiger partial charge in [0, 0.05) is 11.9 Å². The van der Waals surface area contributed by atoms with E-state index < -0.39 is 0 Å². The van der Waals surface area contributed by atoms with Crippen molar-refractivity contribution in [3.05, 3.63) is 12.3 Å². The van der Waals surface area contributed by atoms with Crippen LogP contribution in [0.2, 0.25) is 0 Å². The first kappa shape index (κ1) is 9.41. The number of aliphatic imine (C=N–C) groups is 1. The fourth-order valence-corrected chi connectivity index (χ4v) is 0.380. The Hall–Kier alpha value is -0.590. The lowest BCUT2D eigenvalue weighted by Crippen LogP contribution is -2.16. The first-order valence-electron chi connectivity index (χ1n) is 3.64. The Kier molecular flexibility index (Phi) is 3.34. The highest BCUT2D eigenvalue weighted by Crippen LogP contribution is 2.15. The van der Waals surface area contributed by atoms with Crippen molar-refractivity contribution in [2.24, 2.45) is 10.4 Å². The summed E-state index contributed by atoms with van der Waals surface area (Å²) in [5.74, 6) is 0. The molecule has 0 aliphatic rings. The summed E-state index contributed by atoms with van der Waals surface area (Å²) in [6, 6.07) is 0. The lowest BCUT2D eigenvalue weighted by molar-refractivity contribution is 0.588. The fourth-order valence-electron chi connectivity index (χ4n) is 0.380. The van der Waals surface area contributed by atoms with Gasteiger partial charge in [-0.2, -0.15) is 0 Å². The topological polar surface area (TPSA) is 12.4 Å². The molecule has 10 heavy (non-hydrogen) atoms. The molecule has 0 rings (SSSR count). The lowest BCUT2D eigenvalue weighted by Gasteiger charge is -2.16. The van der Waals surface area contributed by atoms with Gasteiger partial charge in [-0.15, -0.1) is 0 Å². The zero-order valence-electron chi connectivity index (χ0n) is 7.60. The van der Waals surface area contributed by atoms with Gasteiger partial charge in [0.25, 0.3) is 0 Å². The summed E-state index contributed by atoms with van der Waals surface area (Å²) < 4.78 is 0. The Balaban J connectivity index is 4.20. The van der Waals surface area contributed by atoms with Gasteiger partial charge in [-0.1, -0.05) is 26.8 Å². The summed E-state index contributed by atoms with van der Waals surface area (Å²) in [6.45, 7) is 10.5. The highest BCUT2D eigenvalue weighted by atomic mass is 14.7. The van der Waals surface area contributed by atoms with Gasteiger partial charge in [-0.25, -0.2) is 0 Å². The molecular formula is C9H17N. The molecular weight excluding hydrogens is 122 g/mol. The summed E-state index contributed by atoms with van der Waals surface area (Å²) in [5, 5.41) is 0. The Bertz CT molecular complexity index is 147. The predicted octanol–water partition coefficient (Wildman–Crippen LogP) is 3.03. The van der Waals surface area contributed by atoms with Crippen molar-refractivity contribution in [3.8, 4) is 0 Å². The van der Waals surface area contributed by atoms with Crippen molar-refractivity contribution in [1.29, 1.82) is 0 Å². The molecule has 0 fully saturated rings. The quantitative estimate of drug-likeness (QED) is 0.495. The van der Waals surface area contributed by atoms with Gasteiger partial charge in [0.2, 0.25) is 0 Å². The monoisotopic (exact) mass is 139 g/mol. The van der Waals surface area contributed by atoms with Crippen LogP contribution in [0, 0.1) is 5.41 Å². The number of hydrogen-bond donors (Lipinski definition) is 0. The average molecular weight is 139 g/mol. The van der Waals surface area contributed by atoms with Crippen molar-refractivity contribution in [3.63, 3.8) is 0 Å². The maximum Gasteiger partial charge on any atom is 0.0224 e. The molecule has 0 aliphatic carbocycles. The molecule has 1 nitrogen and oxygen atoms in total. The second-order valence-electron chi connectivity index (χ2n) is 3.45. The molecule has 0 heterocycles. The van der Waals surface area contributed by atoms with Gasteiger partial charge >= 0.3 is 0 Å². The lowest BCUT2D eigenvalue weighted by atomic mass is 9.91. The molecule has 0 N–H and O–H groups in total. The third-order valence-corrected chi connectivity index (χ3v) is 1.50. The SMILES string of the molecule is C/C=C\N=C(/C)C(C)(C)C. The van der Waals surface area contributed by atoms with E-state index in [1.165, 1.54) is 5.71 Å². The van der Waals surface area contributed by atoms with Crippen molar-refractivity contribution >= 4 is 5.71 Å². The molecule has 0 spiro atoms. The van der Waals surface area contributed by atoms with Gasteiger partial charge < -0.3 is 0 Å². The van der Waals surface area contributed by atoms with Crippen LogP contribution in [0.1, 0.15) is 34.6 Å². The molecule has 0 atom stereocenters. The molecule has 0 bridgehead atoms. The summed E-state index contributed by atoms with van der Waals surface area (Å²) in [7, 11) is 0. The van der Waals surface area contributed by atoms with E-state index in [0.29, 0.717) is 0 Å². The summed E-state index contributed by atoms with van der Waals surface area (Å²) in [6.07, 6.45) is 3.77. The van der Waals surface area contributed by atoms with Crippen LogP contribution in [0.15, 0.2) is 17.3 Å². The molecule has 58 valence electrons. The first-order valence-corrected chi connectivity index (χ1v) is 3.64. The number of allylic oxidation sites excluding steroid dienone is 1. The van der Waals surface area contributed by atoms with Gasteiger partial charge in [0.05, 0.1) is 0 Å². The van der Waals surface area contributed by atoms with E-state index in [-0.39, 0.29) is 5.41 Å².